The Morgan fingerprint density at radius 3 is 2.58 bits per heavy atom. The number of nitrogens with zero attached hydrogens (tertiary/aromatic N) is 2. The van der Waals surface area contributed by atoms with Gasteiger partial charge in [-0.05, 0) is 48.7 Å². The van der Waals surface area contributed by atoms with Crippen LogP contribution in [-0.4, -0.2) is 37.9 Å². The first-order chi connectivity index (χ1) is 12.5. The molecule has 136 valence electrons. The summed E-state index contributed by atoms with van der Waals surface area (Å²) in [6, 6.07) is 13.5. The molecule has 1 heterocycles. The first-order valence-corrected chi connectivity index (χ1v) is 10.4. The van der Waals surface area contributed by atoms with E-state index in [0.29, 0.717) is 13.1 Å². The van der Waals surface area contributed by atoms with Gasteiger partial charge in [0.15, 0.2) is 0 Å². The fourth-order valence-corrected chi connectivity index (χ4v) is 4.67. The van der Waals surface area contributed by atoms with Crippen LogP contribution in [-0.2, 0) is 10.0 Å². The molecule has 3 rings (SSSR count). The molecule has 26 heavy (non-hydrogen) atoms. The molecule has 0 radical (unpaired) electrons. The molecule has 0 saturated carbocycles. The lowest BCUT2D eigenvalue weighted by atomic mass is 10.2. The molecule has 1 aliphatic rings. The minimum absolute atomic E-state index is 0.128. The lowest BCUT2D eigenvalue weighted by Crippen LogP contribution is -2.28. The molecule has 0 bridgehead atoms. The van der Waals surface area contributed by atoms with Crippen molar-refractivity contribution in [3.05, 3.63) is 64.1 Å². The van der Waals surface area contributed by atoms with Crippen LogP contribution in [0, 0.1) is 0 Å². The SMILES string of the molecule is O=C(N/N=C\c1cccc(Br)c1)c1cccc(S(=O)(=O)N2CCCC2)c1. The van der Waals surface area contributed by atoms with E-state index in [-0.39, 0.29) is 10.5 Å². The van der Waals surface area contributed by atoms with E-state index in [1.54, 1.807) is 12.1 Å². The molecule has 0 atom stereocenters. The standard InChI is InChI=1S/C18H18BrN3O3S/c19-16-7-3-5-14(11-16)13-20-21-18(23)15-6-4-8-17(12-15)26(24,25)22-9-1-2-10-22/h3-8,11-13H,1-2,9-10H2,(H,21,23)/b20-13-. The van der Waals surface area contributed by atoms with Crippen molar-refractivity contribution in [2.24, 2.45) is 5.10 Å². The molecular weight excluding hydrogens is 418 g/mol. The Hall–Kier alpha value is -2.03. The maximum atomic E-state index is 12.6. The molecule has 2 aromatic rings. The van der Waals surface area contributed by atoms with Crippen LogP contribution in [0.4, 0.5) is 0 Å². The van der Waals surface area contributed by atoms with Crippen LogP contribution in [0.5, 0.6) is 0 Å². The molecule has 8 heteroatoms. The second-order valence-corrected chi connectivity index (χ2v) is 8.75. The van der Waals surface area contributed by atoms with Gasteiger partial charge in [0, 0.05) is 23.1 Å². The van der Waals surface area contributed by atoms with Crippen molar-refractivity contribution in [3.8, 4) is 0 Å². The first kappa shape index (κ1) is 18.8. The van der Waals surface area contributed by atoms with Crippen molar-refractivity contribution in [2.75, 3.05) is 13.1 Å². The van der Waals surface area contributed by atoms with Gasteiger partial charge in [-0.25, -0.2) is 13.8 Å². The number of rotatable bonds is 5. The van der Waals surface area contributed by atoms with Gasteiger partial charge in [0.05, 0.1) is 11.1 Å². The van der Waals surface area contributed by atoms with Gasteiger partial charge in [-0.15, -0.1) is 0 Å². The van der Waals surface area contributed by atoms with E-state index in [0.717, 1.165) is 22.9 Å². The van der Waals surface area contributed by atoms with Crippen molar-refractivity contribution >= 4 is 38.1 Å². The van der Waals surface area contributed by atoms with Gasteiger partial charge >= 0.3 is 0 Å². The van der Waals surface area contributed by atoms with Gasteiger partial charge < -0.3 is 0 Å². The Morgan fingerprint density at radius 1 is 1.12 bits per heavy atom. The smallest absolute Gasteiger partial charge is 0.267 e. The van der Waals surface area contributed by atoms with Crippen molar-refractivity contribution in [3.63, 3.8) is 0 Å². The molecule has 2 aromatic carbocycles. The number of sulfonamides is 1. The van der Waals surface area contributed by atoms with Crippen molar-refractivity contribution in [2.45, 2.75) is 17.7 Å². The number of hydrogen-bond donors (Lipinski definition) is 1. The molecule has 0 aromatic heterocycles. The van der Waals surface area contributed by atoms with Crippen LogP contribution in [0.1, 0.15) is 28.8 Å². The molecule has 1 aliphatic heterocycles. The van der Waals surface area contributed by atoms with Gasteiger partial charge in [0.2, 0.25) is 10.0 Å². The summed E-state index contributed by atoms with van der Waals surface area (Å²) in [7, 11) is -3.55. The number of halogens is 1. The monoisotopic (exact) mass is 435 g/mol. The summed E-state index contributed by atoms with van der Waals surface area (Å²) in [5.74, 6) is -0.463. The van der Waals surface area contributed by atoms with E-state index >= 15 is 0 Å². The van der Waals surface area contributed by atoms with Crippen LogP contribution >= 0.6 is 15.9 Å². The zero-order chi connectivity index (χ0) is 18.6. The molecular formula is C18H18BrN3O3S. The van der Waals surface area contributed by atoms with Crippen molar-refractivity contribution in [1.29, 1.82) is 0 Å². The number of hydrogen-bond acceptors (Lipinski definition) is 4. The molecule has 1 fully saturated rings. The third-order valence-electron chi connectivity index (χ3n) is 4.03. The third-order valence-corrected chi connectivity index (χ3v) is 6.42. The van der Waals surface area contributed by atoms with E-state index in [1.165, 1.54) is 22.7 Å². The lowest BCUT2D eigenvalue weighted by Gasteiger charge is -2.15. The van der Waals surface area contributed by atoms with Gasteiger partial charge in [0.25, 0.3) is 5.91 Å². The molecule has 0 unspecified atom stereocenters. The Labute approximate surface area is 161 Å². The second kappa shape index (κ2) is 8.11. The minimum Gasteiger partial charge on any atom is -0.267 e. The van der Waals surface area contributed by atoms with Crippen LogP contribution in [0.3, 0.4) is 0 Å². The number of nitrogens with one attached hydrogen (secondary N) is 1. The summed E-state index contributed by atoms with van der Waals surface area (Å²) < 4.78 is 27.6. The predicted molar refractivity (Wildman–Crippen MR) is 104 cm³/mol. The summed E-state index contributed by atoms with van der Waals surface area (Å²) in [5, 5.41) is 3.92. The maximum Gasteiger partial charge on any atom is 0.271 e. The Balaban J connectivity index is 1.72. The molecule has 0 aliphatic carbocycles. The molecule has 0 spiro atoms. The normalized spacial score (nSPS) is 15.4. The first-order valence-electron chi connectivity index (χ1n) is 8.16. The van der Waals surface area contributed by atoms with Crippen LogP contribution < -0.4 is 5.43 Å². The number of carbonyl (C=O) groups is 1. The van der Waals surface area contributed by atoms with Crippen LogP contribution in [0.25, 0.3) is 0 Å². The highest BCUT2D eigenvalue weighted by Gasteiger charge is 2.27. The predicted octanol–water partition coefficient (Wildman–Crippen LogP) is 3.00. The molecule has 1 N–H and O–H groups in total. The topological polar surface area (TPSA) is 78.8 Å². The molecule has 1 saturated heterocycles. The fraction of sp³-hybridized carbons (Fsp3) is 0.222. The third kappa shape index (κ3) is 4.38. The van der Waals surface area contributed by atoms with Crippen molar-refractivity contribution < 1.29 is 13.2 Å². The van der Waals surface area contributed by atoms with E-state index in [4.69, 9.17) is 0 Å². The fourth-order valence-electron chi connectivity index (χ4n) is 2.69. The highest BCUT2D eigenvalue weighted by Crippen LogP contribution is 2.21. The van der Waals surface area contributed by atoms with Gasteiger partial charge in [-0.3, -0.25) is 4.79 Å². The van der Waals surface area contributed by atoms with Crippen LogP contribution in [0.2, 0.25) is 0 Å². The van der Waals surface area contributed by atoms with Crippen molar-refractivity contribution in [1.82, 2.24) is 9.73 Å². The number of carbonyl (C=O) groups excluding carboxylic acids is 1. The number of hydrazone groups is 1. The lowest BCUT2D eigenvalue weighted by molar-refractivity contribution is 0.0955. The van der Waals surface area contributed by atoms with E-state index in [1.807, 2.05) is 24.3 Å². The number of amides is 1. The Morgan fingerprint density at radius 2 is 1.85 bits per heavy atom. The quantitative estimate of drug-likeness (QED) is 0.578. The average Bonchev–Trinajstić information content (AvgIpc) is 3.17. The summed E-state index contributed by atoms with van der Waals surface area (Å²) >= 11 is 3.36. The Bertz CT molecular complexity index is 938. The second-order valence-electron chi connectivity index (χ2n) is 5.89. The number of benzene rings is 2. The van der Waals surface area contributed by atoms with E-state index in [2.05, 4.69) is 26.5 Å². The molecule has 6 nitrogen and oxygen atoms in total. The average molecular weight is 436 g/mol. The summed E-state index contributed by atoms with van der Waals surface area (Å²) in [5.41, 5.74) is 3.49. The Kier molecular flexibility index (Phi) is 5.85. The van der Waals surface area contributed by atoms with E-state index in [9.17, 15) is 13.2 Å². The summed E-state index contributed by atoms with van der Waals surface area (Å²) in [6.45, 7) is 1.05. The maximum absolute atomic E-state index is 12.6. The van der Waals surface area contributed by atoms with Gasteiger partial charge in [0.1, 0.15) is 0 Å². The van der Waals surface area contributed by atoms with Gasteiger partial charge in [-0.2, -0.15) is 9.41 Å². The highest BCUT2D eigenvalue weighted by atomic mass is 79.9. The zero-order valence-corrected chi connectivity index (χ0v) is 16.3. The van der Waals surface area contributed by atoms with Gasteiger partial charge in [-0.1, -0.05) is 34.1 Å². The largest absolute Gasteiger partial charge is 0.271 e. The zero-order valence-electron chi connectivity index (χ0n) is 13.9. The highest BCUT2D eigenvalue weighted by molar-refractivity contribution is 9.10. The summed E-state index contributed by atoms with van der Waals surface area (Å²) in [6.07, 6.45) is 3.25. The minimum atomic E-state index is -3.55. The van der Waals surface area contributed by atoms with Crippen LogP contribution in [0.15, 0.2) is 63.0 Å². The van der Waals surface area contributed by atoms with E-state index < -0.39 is 15.9 Å². The molecule has 1 amide bonds. The summed E-state index contributed by atoms with van der Waals surface area (Å²) in [4.78, 5) is 12.4.